The van der Waals surface area contributed by atoms with Gasteiger partial charge in [-0.2, -0.15) is 10.2 Å². The van der Waals surface area contributed by atoms with Crippen LogP contribution in [0.2, 0.25) is 0 Å². The van der Waals surface area contributed by atoms with E-state index in [9.17, 15) is 5.26 Å². The second-order valence-electron chi connectivity index (χ2n) is 7.17. The number of nitriles is 1. The highest BCUT2D eigenvalue weighted by Crippen LogP contribution is 2.30. The van der Waals surface area contributed by atoms with Crippen LogP contribution in [0.5, 0.6) is 0 Å². The standard InChI is InChI=1S/C23H24N4O/c1-17-9-5-6-12-19(17)22-26-20(15-24)23(28-22)25-16-21(27-13-7-8-14-27)18-10-3-2-4-11-18/h2-6,9-12,21,25H,7-8,13-14,16H2,1H3. The largest absolute Gasteiger partial charge is 0.419 e. The third kappa shape index (κ3) is 3.78. The van der Waals surface area contributed by atoms with Crippen LogP contribution in [0.3, 0.4) is 0 Å². The molecule has 0 aliphatic carbocycles. The number of oxazole rings is 1. The van der Waals surface area contributed by atoms with Crippen molar-refractivity contribution in [2.45, 2.75) is 25.8 Å². The van der Waals surface area contributed by atoms with Gasteiger partial charge >= 0.3 is 0 Å². The predicted molar refractivity (Wildman–Crippen MR) is 110 cm³/mol. The second-order valence-corrected chi connectivity index (χ2v) is 7.17. The third-order valence-electron chi connectivity index (χ3n) is 5.33. The number of aryl methyl sites for hydroxylation is 1. The molecule has 0 amide bonds. The Labute approximate surface area is 165 Å². The van der Waals surface area contributed by atoms with E-state index < -0.39 is 0 Å². The molecule has 2 aromatic carbocycles. The van der Waals surface area contributed by atoms with Crippen molar-refractivity contribution < 1.29 is 4.42 Å². The molecule has 1 atom stereocenters. The molecule has 0 spiro atoms. The van der Waals surface area contributed by atoms with Gasteiger partial charge < -0.3 is 9.73 Å². The normalized spacial score (nSPS) is 15.3. The number of hydrogen-bond donors (Lipinski definition) is 1. The minimum absolute atomic E-state index is 0.238. The molecule has 28 heavy (non-hydrogen) atoms. The summed E-state index contributed by atoms with van der Waals surface area (Å²) < 4.78 is 5.96. The van der Waals surface area contributed by atoms with E-state index in [1.165, 1.54) is 18.4 Å². The molecule has 3 aromatic rings. The van der Waals surface area contributed by atoms with Crippen LogP contribution in [0.1, 0.15) is 35.7 Å². The SMILES string of the molecule is Cc1ccccc1-c1nc(C#N)c(NCC(c2ccccc2)N2CCCC2)o1. The predicted octanol–water partition coefficient (Wildman–Crippen LogP) is 4.77. The number of aromatic nitrogens is 1. The molecular weight excluding hydrogens is 348 g/mol. The lowest BCUT2D eigenvalue weighted by Gasteiger charge is -2.28. The fourth-order valence-corrected chi connectivity index (χ4v) is 3.82. The van der Waals surface area contributed by atoms with Crippen LogP contribution >= 0.6 is 0 Å². The Hall–Kier alpha value is -3.10. The van der Waals surface area contributed by atoms with E-state index >= 15 is 0 Å². The minimum atomic E-state index is 0.238. The Bertz CT molecular complexity index is 968. The van der Waals surface area contributed by atoms with Crippen molar-refractivity contribution in [3.05, 3.63) is 71.4 Å². The first-order valence-corrected chi connectivity index (χ1v) is 9.76. The van der Waals surface area contributed by atoms with Gasteiger partial charge in [0.1, 0.15) is 6.07 Å². The van der Waals surface area contributed by atoms with Gasteiger partial charge in [0.2, 0.25) is 17.5 Å². The van der Waals surface area contributed by atoms with Crippen molar-refractivity contribution >= 4 is 5.88 Å². The van der Waals surface area contributed by atoms with E-state index in [1.807, 2.05) is 37.3 Å². The molecule has 1 aliphatic heterocycles. The van der Waals surface area contributed by atoms with E-state index in [0.29, 0.717) is 24.0 Å². The van der Waals surface area contributed by atoms with Gasteiger partial charge in [-0.3, -0.25) is 4.90 Å². The van der Waals surface area contributed by atoms with Gasteiger partial charge in [0, 0.05) is 12.1 Å². The van der Waals surface area contributed by atoms with Crippen molar-refractivity contribution in [1.82, 2.24) is 9.88 Å². The molecule has 0 bridgehead atoms. The summed E-state index contributed by atoms with van der Waals surface area (Å²) in [6.45, 7) is 4.87. The summed E-state index contributed by atoms with van der Waals surface area (Å²) in [5, 5.41) is 12.9. The van der Waals surface area contributed by atoms with Crippen molar-refractivity contribution in [2.75, 3.05) is 25.0 Å². The molecule has 1 fully saturated rings. The quantitative estimate of drug-likeness (QED) is 0.675. The molecule has 1 saturated heterocycles. The first-order valence-electron chi connectivity index (χ1n) is 9.76. The van der Waals surface area contributed by atoms with E-state index in [-0.39, 0.29) is 6.04 Å². The molecule has 5 nitrogen and oxygen atoms in total. The highest BCUT2D eigenvalue weighted by atomic mass is 16.4. The molecule has 1 aromatic heterocycles. The lowest BCUT2D eigenvalue weighted by molar-refractivity contribution is 0.255. The van der Waals surface area contributed by atoms with Gasteiger partial charge in [-0.1, -0.05) is 48.5 Å². The Morgan fingerprint density at radius 2 is 1.82 bits per heavy atom. The molecule has 1 N–H and O–H groups in total. The highest BCUT2D eigenvalue weighted by Gasteiger charge is 2.24. The van der Waals surface area contributed by atoms with Crippen molar-refractivity contribution in [3.63, 3.8) is 0 Å². The number of rotatable bonds is 6. The van der Waals surface area contributed by atoms with E-state index in [2.05, 4.69) is 45.5 Å². The lowest BCUT2D eigenvalue weighted by Crippen LogP contribution is -2.31. The number of hydrogen-bond acceptors (Lipinski definition) is 5. The molecule has 1 aliphatic rings. The van der Waals surface area contributed by atoms with Gasteiger partial charge in [0.15, 0.2) is 0 Å². The topological polar surface area (TPSA) is 65.1 Å². The second kappa shape index (κ2) is 8.28. The average molecular weight is 372 g/mol. The molecule has 2 heterocycles. The van der Waals surface area contributed by atoms with Crippen LogP contribution in [-0.2, 0) is 0 Å². The maximum Gasteiger partial charge on any atom is 0.232 e. The lowest BCUT2D eigenvalue weighted by atomic mass is 10.1. The molecule has 0 radical (unpaired) electrons. The van der Waals surface area contributed by atoms with Crippen molar-refractivity contribution in [3.8, 4) is 17.5 Å². The number of nitrogens with zero attached hydrogens (tertiary/aromatic N) is 3. The summed E-state index contributed by atoms with van der Waals surface area (Å²) in [6.07, 6.45) is 2.46. The summed E-state index contributed by atoms with van der Waals surface area (Å²) in [4.78, 5) is 6.90. The summed E-state index contributed by atoms with van der Waals surface area (Å²) in [7, 11) is 0. The van der Waals surface area contributed by atoms with Crippen LogP contribution in [0.25, 0.3) is 11.5 Å². The Kier molecular flexibility index (Phi) is 5.41. The van der Waals surface area contributed by atoms with Crippen LogP contribution in [0.15, 0.2) is 59.0 Å². The number of likely N-dealkylation sites (tertiary alicyclic amines) is 1. The monoisotopic (exact) mass is 372 g/mol. The summed E-state index contributed by atoms with van der Waals surface area (Å²) in [6, 6.07) is 20.8. The third-order valence-corrected chi connectivity index (χ3v) is 5.33. The number of anilines is 1. The first-order chi connectivity index (χ1) is 13.8. The van der Waals surface area contributed by atoms with Crippen LogP contribution < -0.4 is 5.32 Å². The summed E-state index contributed by atoms with van der Waals surface area (Å²) in [5.41, 5.74) is 3.55. The first kappa shape index (κ1) is 18.3. The Balaban J connectivity index is 1.58. The maximum atomic E-state index is 9.52. The zero-order valence-electron chi connectivity index (χ0n) is 16.1. The van der Waals surface area contributed by atoms with Gasteiger partial charge in [-0.15, -0.1) is 0 Å². The van der Waals surface area contributed by atoms with Crippen molar-refractivity contribution in [2.24, 2.45) is 0 Å². The van der Waals surface area contributed by atoms with Gasteiger partial charge in [0.25, 0.3) is 0 Å². The summed E-state index contributed by atoms with van der Waals surface area (Å²) in [5.74, 6) is 0.926. The van der Waals surface area contributed by atoms with E-state index in [4.69, 9.17) is 4.42 Å². The number of nitrogens with one attached hydrogen (secondary N) is 1. The van der Waals surface area contributed by atoms with E-state index in [0.717, 1.165) is 24.2 Å². The fourth-order valence-electron chi connectivity index (χ4n) is 3.82. The van der Waals surface area contributed by atoms with E-state index in [1.54, 1.807) is 0 Å². The zero-order valence-corrected chi connectivity index (χ0v) is 16.1. The fraction of sp³-hybridized carbons (Fsp3) is 0.304. The summed E-state index contributed by atoms with van der Waals surface area (Å²) >= 11 is 0. The smallest absolute Gasteiger partial charge is 0.232 e. The molecule has 142 valence electrons. The Morgan fingerprint density at radius 3 is 2.54 bits per heavy atom. The van der Waals surface area contributed by atoms with Crippen LogP contribution in [0, 0.1) is 18.3 Å². The van der Waals surface area contributed by atoms with Crippen molar-refractivity contribution in [1.29, 1.82) is 5.26 Å². The average Bonchev–Trinajstić information content (AvgIpc) is 3.39. The maximum absolute atomic E-state index is 9.52. The van der Waals surface area contributed by atoms with Crippen LogP contribution in [0.4, 0.5) is 5.88 Å². The molecule has 4 rings (SSSR count). The zero-order chi connectivity index (χ0) is 19.3. The van der Waals surface area contributed by atoms with Crippen LogP contribution in [-0.4, -0.2) is 29.5 Å². The Morgan fingerprint density at radius 1 is 1.11 bits per heavy atom. The highest BCUT2D eigenvalue weighted by molar-refractivity contribution is 5.62. The van der Waals surface area contributed by atoms with Gasteiger partial charge in [-0.25, -0.2) is 0 Å². The minimum Gasteiger partial charge on any atom is -0.419 e. The molecule has 5 heteroatoms. The molecule has 0 saturated carbocycles. The van der Waals surface area contributed by atoms with Gasteiger partial charge in [-0.05, 0) is 50.0 Å². The number of benzene rings is 2. The molecule has 1 unspecified atom stereocenters. The molecular formula is C23H24N4O. The van der Waals surface area contributed by atoms with Gasteiger partial charge in [0.05, 0.1) is 6.04 Å².